The SMILES string of the molecule is O=C(N1CCC(Cn2cnc3c(ccn3-c3cccc(F)c3)c2=O)CC1)[C@@]1(O)CCNC[C@H]1c1ccccc1. The number of rotatable bonds is 5. The Hall–Kier alpha value is -3.82. The molecule has 4 heterocycles. The number of hydrogen-bond donors (Lipinski definition) is 2. The average Bonchev–Trinajstić information content (AvgIpc) is 3.40. The summed E-state index contributed by atoms with van der Waals surface area (Å²) in [6, 6.07) is 17.6. The Morgan fingerprint density at radius 1 is 1.10 bits per heavy atom. The predicted molar refractivity (Wildman–Crippen MR) is 146 cm³/mol. The second-order valence-corrected chi connectivity index (χ2v) is 10.7. The zero-order valence-corrected chi connectivity index (χ0v) is 21.7. The number of carbonyl (C=O) groups excluding carboxylic acids is 1. The largest absolute Gasteiger partial charge is 0.379 e. The lowest BCUT2D eigenvalue weighted by Crippen LogP contribution is -2.59. The molecule has 2 aliphatic rings. The second kappa shape index (κ2) is 10.4. The van der Waals surface area contributed by atoms with Crippen LogP contribution in [0.3, 0.4) is 0 Å². The van der Waals surface area contributed by atoms with Crippen molar-refractivity contribution < 1.29 is 14.3 Å². The topological polar surface area (TPSA) is 92.4 Å². The van der Waals surface area contributed by atoms with Gasteiger partial charge in [-0.15, -0.1) is 0 Å². The highest BCUT2D eigenvalue weighted by atomic mass is 19.1. The minimum atomic E-state index is -1.43. The Balaban J connectivity index is 1.14. The van der Waals surface area contributed by atoms with Gasteiger partial charge in [0.15, 0.2) is 11.2 Å². The van der Waals surface area contributed by atoms with E-state index in [1.165, 1.54) is 12.1 Å². The Bertz CT molecular complexity index is 1540. The summed E-state index contributed by atoms with van der Waals surface area (Å²) in [4.78, 5) is 33.2. The van der Waals surface area contributed by atoms with E-state index in [1.54, 1.807) is 44.8 Å². The quantitative estimate of drug-likeness (QED) is 0.415. The van der Waals surface area contributed by atoms with Crippen LogP contribution in [0.1, 0.15) is 30.7 Å². The maximum atomic E-state index is 13.7. The number of fused-ring (bicyclic) bond motifs is 1. The van der Waals surface area contributed by atoms with Gasteiger partial charge in [0.05, 0.1) is 11.7 Å². The maximum Gasteiger partial charge on any atom is 0.262 e. The van der Waals surface area contributed by atoms with Crippen LogP contribution in [0.5, 0.6) is 0 Å². The van der Waals surface area contributed by atoms with Crippen LogP contribution in [0.4, 0.5) is 4.39 Å². The van der Waals surface area contributed by atoms with Gasteiger partial charge < -0.3 is 19.9 Å². The number of aromatic nitrogens is 3. The smallest absolute Gasteiger partial charge is 0.262 e. The first-order chi connectivity index (χ1) is 18.9. The van der Waals surface area contributed by atoms with Gasteiger partial charge in [-0.05, 0) is 61.6 Å². The molecule has 6 rings (SSSR count). The van der Waals surface area contributed by atoms with Crippen molar-refractivity contribution in [1.29, 1.82) is 0 Å². The van der Waals surface area contributed by atoms with Crippen LogP contribution >= 0.6 is 0 Å². The third-order valence-corrected chi connectivity index (χ3v) is 8.29. The minimum Gasteiger partial charge on any atom is -0.379 e. The molecule has 4 aromatic rings. The summed E-state index contributed by atoms with van der Waals surface area (Å²) < 4.78 is 17.1. The van der Waals surface area contributed by atoms with Gasteiger partial charge in [-0.3, -0.25) is 14.2 Å². The zero-order valence-electron chi connectivity index (χ0n) is 21.7. The van der Waals surface area contributed by atoms with E-state index in [-0.39, 0.29) is 29.1 Å². The molecule has 39 heavy (non-hydrogen) atoms. The maximum absolute atomic E-state index is 13.7. The molecule has 2 fully saturated rings. The van der Waals surface area contributed by atoms with Gasteiger partial charge in [0.25, 0.3) is 11.5 Å². The number of nitrogens with zero attached hydrogens (tertiary/aromatic N) is 4. The first-order valence-electron chi connectivity index (χ1n) is 13.5. The van der Waals surface area contributed by atoms with E-state index < -0.39 is 5.60 Å². The fraction of sp³-hybridized carbons (Fsp3) is 0.367. The molecule has 0 aliphatic carbocycles. The van der Waals surface area contributed by atoms with E-state index in [4.69, 9.17) is 0 Å². The van der Waals surface area contributed by atoms with E-state index in [1.807, 2.05) is 30.3 Å². The highest BCUT2D eigenvalue weighted by molar-refractivity contribution is 5.86. The Morgan fingerprint density at radius 2 is 1.90 bits per heavy atom. The summed E-state index contributed by atoms with van der Waals surface area (Å²) >= 11 is 0. The molecule has 0 radical (unpaired) electrons. The fourth-order valence-electron chi connectivity index (χ4n) is 6.09. The molecule has 0 unspecified atom stereocenters. The molecule has 2 atom stereocenters. The van der Waals surface area contributed by atoms with Crippen LogP contribution in [0.15, 0.2) is 78.0 Å². The van der Waals surface area contributed by atoms with Crippen molar-refractivity contribution in [1.82, 2.24) is 24.3 Å². The van der Waals surface area contributed by atoms with Crippen molar-refractivity contribution in [2.75, 3.05) is 26.2 Å². The van der Waals surface area contributed by atoms with Crippen molar-refractivity contribution in [2.45, 2.75) is 37.3 Å². The molecule has 8 nitrogen and oxygen atoms in total. The number of benzene rings is 2. The summed E-state index contributed by atoms with van der Waals surface area (Å²) in [7, 11) is 0. The van der Waals surface area contributed by atoms with E-state index in [0.29, 0.717) is 55.9 Å². The molecule has 2 aliphatic heterocycles. The Labute approximate surface area is 225 Å². The van der Waals surface area contributed by atoms with Gasteiger partial charge in [-0.2, -0.15) is 0 Å². The lowest BCUT2D eigenvalue weighted by Gasteiger charge is -2.43. The number of hydrogen-bond acceptors (Lipinski definition) is 5. The summed E-state index contributed by atoms with van der Waals surface area (Å²) in [6.07, 6.45) is 5.15. The van der Waals surface area contributed by atoms with Crippen LogP contribution in [0.2, 0.25) is 0 Å². The first-order valence-corrected chi connectivity index (χ1v) is 13.5. The Kier molecular flexibility index (Phi) is 6.78. The first kappa shape index (κ1) is 25.5. The van der Waals surface area contributed by atoms with E-state index in [0.717, 1.165) is 18.4 Å². The van der Waals surface area contributed by atoms with Crippen molar-refractivity contribution in [3.05, 3.63) is 94.9 Å². The van der Waals surface area contributed by atoms with Crippen LogP contribution in [-0.4, -0.2) is 61.8 Å². The predicted octanol–water partition coefficient (Wildman–Crippen LogP) is 3.07. The summed E-state index contributed by atoms with van der Waals surface area (Å²) in [5, 5.41) is 15.4. The van der Waals surface area contributed by atoms with Crippen molar-refractivity contribution >= 4 is 16.9 Å². The van der Waals surface area contributed by atoms with Crippen LogP contribution in [0, 0.1) is 11.7 Å². The number of amides is 1. The monoisotopic (exact) mass is 529 g/mol. The van der Waals surface area contributed by atoms with Crippen molar-refractivity contribution in [2.24, 2.45) is 5.92 Å². The average molecular weight is 530 g/mol. The molecule has 2 N–H and O–H groups in total. The van der Waals surface area contributed by atoms with Gasteiger partial charge in [0.1, 0.15) is 5.82 Å². The number of piperidine rings is 2. The molecule has 9 heteroatoms. The molecule has 2 saturated heterocycles. The lowest BCUT2D eigenvalue weighted by molar-refractivity contribution is -0.158. The minimum absolute atomic E-state index is 0.136. The lowest BCUT2D eigenvalue weighted by atomic mass is 9.76. The molecule has 2 aromatic heterocycles. The molecule has 0 bridgehead atoms. The second-order valence-electron chi connectivity index (χ2n) is 10.7. The molecule has 0 spiro atoms. The third kappa shape index (κ3) is 4.77. The Morgan fingerprint density at radius 3 is 2.67 bits per heavy atom. The molecular weight excluding hydrogens is 497 g/mol. The number of halogens is 1. The zero-order chi connectivity index (χ0) is 27.0. The summed E-state index contributed by atoms with van der Waals surface area (Å²) in [5.74, 6) is -0.636. The van der Waals surface area contributed by atoms with E-state index in [2.05, 4.69) is 10.3 Å². The highest BCUT2D eigenvalue weighted by Crippen LogP contribution is 2.36. The molecule has 202 valence electrons. The van der Waals surface area contributed by atoms with Crippen molar-refractivity contribution in [3.8, 4) is 5.69 Å². The standard InChI is InChI=1S/C30H32FN5O3/c31-23-7-4-8-24(17-23)36-16-11-25-27(36)33-20-35(28(25)37)19-21-9-14-34(15-10-21)29(38)30(39)12-13-32-18-26(30)22-5-2-1-3-6-22/h1-8,11,16-17,20-21,26,32,39H,9-10,12-15,18-19H2/t26-,30+/m0/s1. The van der Waals surface area contributed by atoms with Gasteiger partial charge in [0, 0.05) is 44.0 Å². The molecular formula is C30H32FN5O3. The summed E-state index contributed by atoms with van der Waals surface area (Å²) in [6.45, 7) is 2.75. The number of aliphatic hydroxyl groups is 1. The van der Waals surface area contributed by atoms with Crippen LogP contribution in [0.25, 0.3) is 16.7 Å². The summed E-state index contributed by atoms with van der Waals surface area (Å²) in [5.41, 5.74) is 0.495. The normalized spacial score (nSPS) is 22.3. The van der Waals surface area contributed by atoms with Gasteiger partial charge in [-0.25, -0.2) is 9.37 Å². The van der Waals surface area contributed by atoms with Gasteiger partial charge in [0.2, 0.25) is 0 Å². The third-order valence-electron chi connectivity index (χ3n) is 8.29. The number of carbonyl (C=O) groups is 1. The molecule has 1 amide bonds. The molecule has 2 aromatic carbocycles. The van der Waals surface area contributed by atoms with Gasteiger partial charge >= 0.3 is 0 Å². The van der Waals surface area contributed by atoms with Gasteiger partial charge in [-0.1, -0.05) is 36.4 Å². The number of likely N-dealkylation sites (tertiary alicyclic amines) is 1. The highest BCUT2D eigenvalue weighted by Gasteiger charge is 2.48. The fourth-order valence-corrected chi connectivity index (χ4v) is 6.09. The van der Waals surface area contributed by atoms with Crippen LogP contribution in [-0.2, 0) is 11.3 Å². The number of nitrogens with one attached hydrogen (secondary N) is 1. The van der Waals surface area contributed by atoms with E-state index >= 15 is 0 Å². The van der Waals surface area contributed by atoms with E-state index in [9.17, 15) is 19.1 Å². The molecule has 0 saturated carbocycles. The van der Waals surface area contributed by atoms with Crippen molar-refractivity contribution in [3.63, 3.8) is 0 Å². The van der Waals surface area contributed by atoms with Crippen LogP contribution < -0.4 is 10.9 Å².